The van der Waals surface area contributed by atoms with Gasteiger partial charge in [0.05, 0.1) is 5.60 Å². The van der Waals surface area contributed by atoms with E-state index in [0.29, 0.717) is 26.1 Å². The third-order valence-electron chi connectivity index (χ3n) is 3.37. The number of aliphatic hydroxyl groups is 1. The third-order valence-corrected chi connectivity index (χ3v) is 3.37. The van der Waals surface area contributed by atoms with Gasteiger partial charge in [-0.3, -0.25) is 4.79 Å². The predicted octanol–water partition coefficient (Wildman–Crippen LogP) is 1.44. The topological polar surface area (TPSA) is 49.8 Å². The molecule has 19 heavy (non-hydrogen) atoms. The molecular weight excluding hydrogens is 249 g/mol. The molecule has 5 heteroatoms. The highest BCUT2D eigenvalue weighted by atomic mass is 19.1. The molecule has 0 unspecified atom stereocenters. The van der Waals surface area contributed by atoms with Gasteiger partial charge < -0.3 is 14.7 Å². The lowest BCUT2D eigenvalue weighted by Crippen LogP contribution is -2.47. The summed E-state index contributed by atoms with van der Waals surface area (Å²) in [6, 6.07) is 5.56. The summed E-state index contributed by atoms with van der Waals surface area (Å²) in [5, 5.41) is 10.3. The molecule has 1 aromatic rings. The van der Waals surface area contributed by atoms with Crippen molar-refractivity contribution in [3.63, 3.8) is 0 Å². The number of halogens is 1. The smallest absolute Gasteiger partial charge is 0.253 e. The number of hydrogen-bond acceptors (Lipinski definition) is 3. The minimum absolute atomic E-state index is 0.228. The van der Waals surface area contributed by atoms with Crippen LogP contribution in [0.5, 0.6) is 0 Å². The minimum Gasteiger partial charge on any atom is -0.388 e. The number of benzene rings is 1. The molecular formula is C14H18FNO3. The standard InChI is InChI=1S/C14H18FNO3/c1-16(10-14(18)5-7-19-8-6-14)13(17)11-3-2-4-12(15)9-11/h2-4,9,18H,5-8,10H2,1H3. The number of carbonyl (C=O) groups excluding carboxylic acids is 1. The van der Waals surface area contributed by atoms with Gasteiger partial charge in [0.25, 0.3) is 5.91 Å². The van der Waals surface area contributed by atoms with Gasteiger partial charge in [0.15, 0.2) is 0 Å². The van der Waals surface area contributed by atoms with Crippen LogP contribution in [0.3, 0.4) is 0 Å². The fourth-order valence-corrected chi connectivity index (χ4v) is 2.26. The van der Waals surface area contributed by atoms with Gasteiger partial charge in [-0.1, -0.05) is 6.07 Å². The van der Waals surface area contributed by atoms with Crippen LogP contribution in [0, 0.1) is 5.82 Å². The van der Waals surface area contributed by atoms with E-state index in [1.165, 1.54) is 23.1 Å². The quantitative estimate of drug-likeness (QED) is 0.901. The van der Waals surface area contributed by atoms with Crippen LogP contribution in [0.4, 0.5) is 4.39 Å². The van der Waals surface area contributed by atoms with E-state index in [2.05, 4.69) is 0 Å². The number of hydrogen-bond donors (Lipinski definition) is 1. The van der Waals surface area contributed by atoms with E-state index in [-0.39, 0.29) is 18.0 Å². The Labute approximate surface area is 111 Å². The Bertz CT molecular complexity index is 458. The second-order valence-electron chi connectivity index (χ2n) is 5.01. The zero-order valence-electron chi connectivity index (χ0n) is 10.9. The summed E-state index contributed by atoms with van der Waals surface area (Å²) >= 11 is 0. The molecule has 0 saturated carbocycles. The molecule has 1 aromatic carbocycles. The second kappa shape index (κ2) is 5.67. The van der Waals surface area contributed by atoms with Crippen LogP contribution in [-0.4, -0.2) is 48.3 Å². The Balaban J connectivity index is 2.03. The van der Waals surface area contributed by atoms with Crippen molar-refractivity contribution in [3.8, 4) is 0 Å². The van der Waals surface area contributed by atoms with Gasteiger partial charge in [-0.15, -0.1) is 0 Å². The summed E-state index contributed by atoms with van der Waals surface area (Å²) in [7, 11) is 1.61. The minimum atomic E-state index is -0.907. The van der Waals surface area contributed by atoms with Gasteiger partial charge >= 0.3 is 0 Å². The normalized spacial score (nSPS) is 18.1. The molecule has 0 atom stereocenters. The molecule has 1 aliphatic rings. The lowest BCUT2D eigenvalue weighted by Gasteiger charge is -2.35. The SMILES string of the molecule is CN(CC1(O)CCOCC1)C(=O)c1cccc(F)c1. The molecule has 0 aliphatic carbocycles. The fourth-order valence-electron chi connectivity index (χ4n) is 2.26. The number of carbonyl (C=O) groups is 1. The Morgan fingerprint density at radius 3 is 2.79 bits per heavy atom. The Hall–Kier alpha value is -1.46. The second-order valence-corrected chi connectivity index (χ2v) is 5.01. The molecule has 1 heterocycles. The predicted molar refractivity (Wildman–Crippen MR) is 68.4 cm³/mol. The highest BCUT2D eigenvalue weighted by molar-refractivity contribution is 5.94. The first-order chi connectivity index (χ1) is 9.00. The molecule has 1 N–H and O–H groups in total. The summed E-state index contributed by atoms with van der Waals surface area (Å²) in [6.07, 6.45) is 1.02. The van der Waals surface area contributed by atoms with Crippen molar-refractivity contribution in [3.05, 3.63) is 35.6 Å². The molecule has 0 bridgehead atoms. The Morgan fingerprint density at radius 2 is 2.16 bits per heavy atom. The molecule has 1 saturated heterocycles. The first-order valence-electron chi connectivity index (χ1n) is 6.31. The molecule has 4 nitrogen and oxygen atoms in total. The van der Waals surface area contributed by atoms with E-state index in [1.54, 1.807) is 13.1 Å². The van der Waals surface area contributed by atoms with Crippen molar-refractivity contribution >= 4 is 5.91 Å². The van der Waals surface area contributed by atoms with Crippen LogP contribution >= 0.6 is 0 Å². The van der Waals surface area contributed by atoms with E-state index in [1.807, 2.05) is 0 Å². The van der Waals surface area contributed by atoms with Crippen molar-refractivity contribution in [1.29, 1.82) is 0 Å². The molecule has 0 radical (unpaired) electrons. The average Bonchev–Trinajstić information content (AvgIpc) is 2.38. The first-order valence-corrected chi connectivity index (χ1v) is 6.31. The van der Waals surface area contributed by atoms with Crippen molar-refractivity contribution in [2.45, 2.75) is 18.4 Å². The molecule has 1 amide bonds. The van der Waals surface area contributed by atoms with Crippen molar-refractivity contribution in [2.24, 2.45) is 0 Å². The molecule has 2 rings (SSSR count). The van der Waals surface area contributed by atoms with Crippen LogP contribution in [0.2, 0.25) is 0 Å². The Morgan fingerprint density at radius 1 is 1.47 bits per heavy atom. The van der Waals surface area contributed by atoms with Gasteiger partial charge in [-0.2, -0.15) is 0 Å². The van der Waals surface area contributed by atoms with Gasteiger partial charge in [-0.25, -0.2) is 4.39 Å². The summed E-state index contributed by atoms with van der Waals surface area (Å²) < 4.78 is 18.3. The van der Waals surface area contributed by atoms with Gasteiger partial charge in [0, 0.05) is 45.2 Å². The van der Waals surface area contributed by atoms with Gasteiger partial charge in [0.1, 0.15) is 5.82 Å². The molecule has 0 spiro atoms. The van der Waals surface area contributed by atoms with Crippen molar-refractivity contribution in [1.82, 2.24) is 4.90 Å². The maximum Gasteiger partial charge on any atom is 0.253 e. The molecule has 1 aliphatic heterocycles. The zero-order chi connectivity index (χ0) is 13.9. The maximum absolute atomic E-state index is 13.1. The number of rotatable bonds is 3. The van der Waals surface area contributed by atoms with E-state index in [9.17, 15) is 14.3 Å². The van der Waals surface area contributed by atoms with Crippen LogP contribution < -0.4 is 0 Å². The lowest BCUT2D eigenvalue weighted by atomic mass is 9.93. The summed E-state index contributed by atoms with van der Waals surface area (Å²) in [4.78, 5) is 13.6. The van der Waals surface area contributed by atoms with E-state index in [4.69, 9.17) is 4.74 Å². The van der Waals surface area contributed by atoms with Crippen LogP contribution in [-0.2, 0) is 4.74 Å². The van der Waals surface area contributed by atoms with Crippen molar-refractivity contribution in [2.75, 3.05) is 26.8 Å². The average molecular weight is 267 g/mol. The van der Waals surface area contributed by atoms with Gasteiger partial charge in [-0.05, 0) is 18.2 Å². The number of ether oxygens (including phenoxy) is 1. The highest BCUT2D eigenvalue weighted by Gasteiger charge is 2.32. The zero-order valence-corrected chi connectivity index (χ0v) is 10.9. The monoisotopic (exact) mass is 267 g/mol. The molecule has 104 valence electrons. The molecule has 0 aromatic heterocycles. The first kappa shape index (κ1) is 14.0. The number of likely N-dealkylation sites (N-methyl/N-ethyl adjacent to an activating group) is 1. The van der Waals surface area contributed by atoms with Crippen molar-refractivity contribution < 1.29 is 19.0 Å². The van der Waals surface area contributed by atoms with Crippen LogP contribution in [0.1, 0.15) is 23.2 Å². The highest BCUT2D eigenvalue weighted by Crippen LogP contribution is 2.22. The van der Waals surface area contributed by atoms with E-state index < -0.39 is 11.4 Å². The third kappa shape index (κ3) is 3.52. The van der Waals surface area contributed by atoms with Crippen LogP contribution in [0.25, 0.3) is 0 Å². The molecule has 1 fully saturated rings. The summed E-state index contributed by atoms with van der Waals surface area (Å²) in [6.45, 7) is 1.22. The Kier molecular flexibility index (Phi) is 4.17. The van der Waals surface area contributed by atoms with E-state index >= 15 is 0 Å². The maximum atomic E-state index is 13.1. The van der Waals surface area contributed by atoms with Crippen LogP contribution in [0.15, 0.2) is 24.3 Å². The summed E-state index contributed by atoms with van der Waals surface area (Å²) in [5.74, 6) is -0.733. The summed E-state index contributed by atoms with van der Waals surface area (Å²) in [5.41, 5.74) is -0.617. The lowest BCUT2D eigenvalue weighted by molar-refractivity contribution is -0.0734. The fraction of sp³-hybridized carbons (Fsp3) is 0.500. The number of amides is 1. The largest absolute Gasteiger partial charge is 0.388 e. The van der Waals surface area contributed by atoms with E-state index in [0.717, 1.165) is 0 Å². The van der Waals surface area contributed by atoms with Gasteiger partial charge in [0.2, 0.25) is 0 Å². The number of nitrogens with zero attached hydrogens (tertiary/aromatic N) is 1.